The summed E-state index contributed by atoms with van der Waals surface area (Å²) in [5, 5.41) is 9.05. The van der Waals surface area contributed by atoms with Gasteiger partial charge in [0.25, 0.3) is 10.0 Å². The number of rotatable bonds is 3. The zero-order valence-electron chi connectivity index (χ0n) is 11.9. The van der Waals surface area contributed by atoms with Crippen LogP contribution in [0.3, 0.4) is 0 Å². The van der Waals surface area contributed by atoms with Gasteiger partial charge in [0.2, 0.25) is 0 Å². The number of nitrogens with zero attached hydrogens (tertiary/aromatic N) is 1. The second-order valence-corrected chi connectivity index (χ2v) is 7.13. The first-order valence-corrected chi connectivity index (χ1v) is 8.31. The predicted octanol–water partition coefficient (Wildman–Crippen LogP) is 2.52. The number of carbonyl (C=O) groups is 1. The van der Waals surface area contributed by atoms with E-state index in [9.17, 15) is 13.2 Å². The van der Waals surface area contributed by atoms with Gasteiger partial charge < -0.3 is 5.11 Å². The molecule has 0 radical (unpaired) electrons. The first kappa shape index (κ1) is 14.6. The second-order valence-electron chi connectivity index (χ2n) is 5.32. The highest BCUT2D eigenvalue weighted by atomic mass is 32.2. The van der Waals surface area contributed by atoms with Crippen molar-refractivity contribution in [3.63, 3.8) is 0 Å². The number of sulfonamides is 1. The number of benzene rings is 2. The number of carboxylic acids is 1. The SMILES string of the molecule is CC1Cc2cc(C(=O)O)ccc2N1S(=O)(=O)c1ccccc1. The number of fused-ring (bicyclic) bond motifs is 1. The fourth-order valence-electron chi connectivity index (χ4n) is 2.81. The van der Waals surface area contributed by atoms with Gasteiger partial charge in [-0.3, -0.25) is 4.31 Å². The van der Waals surface area contributed by atoms with Crippen molar-refractivity contribution in [2.75, 3.05) is 4.31 Å². The predicted molar refractivity (Wildman–Crippen MR) is 82.7 cm³/mol. The topological polar surface area (TPSA) is 74.7 Å². The summed E-state index contributed by atoms with van der Waals surface area (Å²) in [5.74, 6) is -1.01. The van der Waals surface area contributed by atoms with Crippen LogP contribution in [0, 0.1) is 0 Å². The van der Waals surface area contributed by atoms with E-state index in [4.69, 9.17) is 5.11 Å². The van der Waals surface area contributed by atoms with Gasteiger partial charge >= 0.3 is 5.97 Å². The van der Waals surface area contributed by atoms with Gasteiger partial charge in [-0.2, -0.15) is 0 Å². The van der Waals surface area contributed by atoms with Gasteiger partial charge in [-0.1, -0.05) is 18.2 Å². The maximum Gasteiger partial charge on any atom is 0.335 e. The Balaban J connectivity index is 2.09. The molecule has 2 aromatic carbocycles. The summed E-state index contributed by atoms with van der Waals surface area (Å²) in [4.78, 5) is 11.3. The molecular weight excluding hydrogens is 302 g/mol. The number of aromatic carboxylic acids is 1. The van der Waals surface area contributed by atoms with Crippen LogP contribution < -0.4 is 4.31 Å². The van der Waals surface area contributed by atoms with Crippen LogP contribution in [0.4, 0.5) is 5.69 Å². The van der Waals surface area contributed by atoms with Crippen LogP contribution in [0.25, 0.3) is 0 Å². The molecule has 1 atom stereocenters. The van der Waals surface area contributed by atoms with E-state index in [1.54, 1.807) is 42.5 Å². The fraction of sp³-hybridized carbons (Fsp3) is 0.188. The molecule has 0 saturated heterocycles. The number of anilines is 1. The third-order valence-electron chi connectivity index (χ3n) is 3.78. The molecule has 0 bridgehead atoms. The summed E-state index contributed by atoms with van der Waals surface area (Å²) in [6.45, 7) is 1.82. The van der Waals surface area contributed by atoms with E-state index in [2.05, 4.69) is 0 Å². The van der Waals surface area contributed by atoms with E-state index in [1.807, 2.05) is 6.92 Å². The van der Waals surface area contributed by atoms with Crippen molar-refractivity contribution in [2.24, 2.45) is 0 Å². The minimum absolute atomic E-state index is 0.171. The quantitative estimate of drug-likeness (QED) is 0.944. The van der Waals surface area contributed by atoms with Crippen molar-refractivity contribution < 1.29 is 18.3 Å². The molecule has 1 aliphatic rings. The van der Waals surface area contributed by atoms with Crippen molar-refractivity contribution in [3.05, 3.63) is 59.7 Å². The van der Waals surface area contributed by atoms with Gasteiger partial charge in [-0.05, 0) is 49.2 Å². The normalized spacial score (nSPS) is 17.3. The zero-order valence-corrected chi connectivity index (χ0v) is 12.7. The van der Waals surface area contributed by atoms with E-state index in [0.29, 0.717) is 12.1 Å². The van der Waals surface area contributed by atoms with Gasteiger partial charge in [0.1, 0.15) is 0 Å². The van der Waals surface area contributed by atoms with Crippen molar-refractivity contribution in [1.29, 1.82) is 0 Å². The summed E-state index contributed by atoms with van der Waals surface area (Å²) >= 11 is 0. The van der Waals surface area contributed by atoms with Crippen LogP contribution in [-0.4, -0.2) is 25.5 Å². The molecule has 22 heavy (non-hydrogen) atoms. The van der Waals surface area contributed by atoms with Crippen molar-refractivity contribution in [3.8, 4) is 0 Å². The zero-order chi connectivity index (χ0) is 15.9. The first-order valence-electron chi connectivity index (χ1n) is 6.87. The van der Waals surface area contributed by atoms with Crippen LogP contribution in [-0.2, 0) is 16.4 Å². The van der Waals surface area contributed by atoms with Crippen molar-refractivity contribution >= 4 is 21.7 Å². The number of hydrogen-bond acceptors (Lipinski definition) is 3. The van der Waals surface area contributed by atoms with Gasteiger partial charge in [0.15, 0.2) is 0 Å². The lowest BCUT2D eigenvalue weighted by atomic mass is 10.1. The lowest BCUT2D eigenvalue weighted by Crippen LogP contribution is -2.35. The standard InChI is InChI=1S/C16H15NO4S/c1-11-9-13-10-12(16(18)19)7-8-15(13)17(11)22(20,21)14-5-3-2-4-6-14/h2-8,10-11H,9H2,1H3,(H,18,19). The molecule has 1 heterocycles. The summed E-state index contributed by atoms with van der Waals surface area (Å²) in [5.41, 5.74) is 1.47. The van der Waals surface area contributed by atoms with E-state index in [0.717, 1.165) is 5.56 Å². The van der Waals surface area contributed by atoms with Crippen LogP contribution in [0.5, 0.6) is 0 Å². The maximum atomic E-state index is 12.8. The molecule has 0 fully saturated rings. The molecule has 0 spiro atoms. The van der Waals surface area contributed by atoms with Gasteiger partial charge in [0.05, 0.1) is 16.1 Å². The van der Waals surface area contributed by atoms with Gasteiger partial charge in [0, 0.05) is 6.04 Å². The van der Waals surface area contributed by atoms with Gasteiger partial charge in [-0.25, -0.2) is 13.2 Å². The summed E-state index contributed by atoms with van der Waals surface area (Å²) in [6, 6.07) is 12.6. The average Bonchev–Trinajstić information content (AvgIpc) is 2.83. The Morgan fingerprint density at radius 3 is 2.50 bits per heavy atom. The number of hydrogen-bond donors (Lipinski definition) is 1. The fourth-order valence-corrected chi connectivity index (χ4v) is 4.52. The molecule has 0 aliphatic carbocycles. The molecule has 0 amide bonds. The molecule has 5 nitrogen and oxygen atoms in total. The Kier molecular flexibility index (Phi) is 3.41. The maximum absolute atomic E-state index is 12.8. The Morgan fingerprint density at radius 1 is 1.18 bits per heavy atom. The van der Waals surface area contributed by atoms with Gasteiger partial charge in [-0.15, -0.1) is 0 Å². The molecule has 2 aromatic rings. The monoisotopic (exact) mass is 317 g/mol. The second kappa shape index (κ2) is 5.14. The molecule has 3 rings (SSSR count). The highest BCUT2D eigenvalue weighted by Crippen LogP contribution is 2.37. The number of carboxylic acid groups (broad SMARTS) is 1. The molecule has 114 valence electrons. The van der Waals surface area contributed by atoms with E-state index < -0.39 is 16.0 Å². The molecule has 0 saturated carbocycles. The Bertz CT molecular complexity index is 830. The highest BCUT2D eigenvalue weighted by molar-refractivity contribution is 7.92. The molecular formula is C16H15NO4S. The van der Waals surface area contributed by atoms with Crippen LogP contribution >= 0.6 is 0 Å². The summed E-state index contributed by atoms with van der Waals surface area (Å²) in [6.07, 6.45) is 0.502. The lowest BCUT2D eigenvalue weighted by Gasteiger charge is -2.24. The van der Waals surface area contributed by atoms with E-state index in [-0.39, 0.29) is 16.5 Å². The smallest absolute Gasteiger partial charge is 0.335 e. The molecule has 1 N–H and O–H groups in total. The largest absolute Gasteiger partial charge is 0.478 e. The molecule has 1 unspecified atom stereocenters. The van der Waals surface area contributed by atoms with Crippen molar-refractivity contribution in [2.45, 2.75) is 24.3 Å². The highest BCUT2D eigenvalue weighted by Gasteiger charge is 2.36. The Labute approximate surface area is 128 Å². The third kappa shape index (κ3) is 2.25. The first-order chi connectivity index (χ1) is 10.4. The summed E-state index contributed by atoms with van der Waals surface area (Å²) in [7, 11) is -3.65. The molecule has 1 aliphatic heterocycles. The third-order valence-corrected chi connectivity index (χ3v) is 5.72. The Morgan fingerprint density at radius 2 is 1.86 bits per heavy atom. The van der Waals surface area contributed by atoms with E-state index in [1.165, 1.54) is 10.4 Å². The molecule has 6 heteroatoms. The average molecular weight is 317 g/mol. The summed E-state index contributed by atoms with van der Waals surface area (Å²) < 4.78 is 27.1. The van der Waals surface area contributed by atoms with Crippen LogP contribution in [0.15, 0.2) is 53.4 Å². The van der Waals surface area contributed by atoms with E-state index >= 15 is 0 Å². The lowest BCUT2D eigenvalue weighted by molar-refractivity contribution is 0.0697. The Hall–Kier alpha value is -2.34. The van der Waals surface area contributed by atoms with Crippen molar-refractivity contribution in [1.82, 2.24) is 0 Å². The minimum Gasteiger partial charge on any atom is -0.478 e. The van der Waals surface area contributed by atoms with Crippen LogP contribution in [0.2, 0.25) is 0 Å². The molecule has 0 aromatic heterocycles. The minimum atomic E-state index is -3.65. The van der Waals surface area contributed by atoms with Crippen LogP contribution in [0.1, 0.15) is 22.8 Å².